The smallest absolute Gasteiger partial charge is 0.160 e. The number of allylic oxidation sites excluding steroid dienone is 1. The van der Waals surface area contributed by atoms with Crippen LogP contribution in [0, 0.1) is 10.8 Å². The predicted molar refractivity (Wildman–Crippen MR) is 214 cm³/mol. The molecule has 8 aromatic rings. The quantitative estimate of drug-likeness (QED) is 0.185. The molecular weight excluding hydrogens is 635 g/mol. The van der Waals surface area contributed by atoms with Gasteiger partial charge in [0, 0.05) is 38.8 Å². The van der Waals surface area contributed by atoms with E-state index in [1.54, 1.807) is 6.08 Å². The highest BCUT2D eigenvalue weighted by Crippen LogP contribution is 2.37. The summed E-state index contributed by atoms with van der Waals surface area (Å²) >= 11 is 0. The van der Waals surface area contributed by atoms with E-state index >= 15 is 0 Å². The van der Waals surface area contributed by atoms with Gasteiger partial charge >= 0.3 is 0 Å². The number of rotatable bonds is 6. The van der Waals surface area contributed by atoms with E-state index in [0.29, 0.717) is 5.82 Å². The molecule has 244 valence electrons. The second kappa shape index (κ2) is 13.0. The van der Waals surface area contributed by atoms with Crippen LogP contribution in [0.25, 0.3) is 84.4 Å². The maximum absolute atomic E-state index is 8.92. The van der Waals surface area contributed by atoms with Crippen LogP contribution >= 0.6 is 0 Å². The van der Waals surface area contributed by atoms with Gasteiger partial charge in [0.1, 0.15) is 0 Å². The monoisotopic (exact) mass is 665 g/mol. The highest BCUT2D eigenvalue weighted by atomic mass is 14.9. The molecule has 9 rings (SSSR count). The van der Waals surface area contributed by atoms with Crippen LogP contribution in [0.1, 0.15) is 11.1 Å². The topological polar surface area (TPSA) is 86.4 Å². The van der Waals surface area contributed by atoms with Crippen LogP contribution in [0.4, 0.5) is 0 Å². The Labute approximate surface area is 301 Å². The van der Waals surface area contributed by atoms with Crippen molar-refractivity contribution in [2.45, 2.75) is 0 Å². The molecule has 0 amide bonds. The lowest BCUT2D eigenvalue weighted by Gasteiger charge is -2.19. The summed E-state index contributed by atoms with van der Waals surface area (Å²) in [4.78, 5) is 15.6. The standard InChI is InChI=1S/C47H31N5/c48-40-25-24-39-44(45(40)49)38-23-22-36(28-43(38)50-46(39)32-16-8-3-9-17-32)42-29-41(35-20-10-18-33(26-35)30-12-4-1-5-13-30)51-47(52-42)37-21-11-19-34(27-37)31-14-6-2-7-15-31/h1-29,48-49H. The zero-order chi connectivity index (χ0) is 35.0. The van der Waals surface area contributed by atoms with Gasteiger partial charge in [-0.1, -0.05) is 140 Å². The number of hydrogen-bond donors (Lipinski definition) is 2. The van der Waals surface area contributed by atoms with Crippen molar-refractivity contribution >= 4 is 28.4 Å². The highest BCUT2D eigenvalue weighted by molar-refractivity contribution is 6.54. The number of pyridine rings is 1. The Morgan fingerprint density at radius 3 is 1.54 bits per heavy atom. The summed E-state index contributed by atoms with van der Waals surface area (Å²) < 4.78 is 0. The second-order valence-electron chi connectivity index (χ2n) is 12.8. The first-order valence-electron chi connectivity index (χ1n) is 17.2. The zero-order valence-electron chi connectivity index (χ0n) is 28.1. The Hall–Kier alpha value is -7.11. The minimum absolute atomic E-state index is 0.184. The third-order valence-electron chi connectivity index (χ3n) is 9.52. The van der Waals surface area contributed by atoms with Gasteiger partial charge in [-0.05, 0) is 58.7 Å². The lowest BCUT2D eigenvalue weighted by molar-refractivity contribution is 1.18. The zero-order valence-corrected chi connectivity index (χ0v) is 28.1. The van der Waals surface area contributed by atoms with Gasteiger partial charge in [0.05, 0.1) is 34.0 Å². The van der Waals surface area contributed by atoms with Crippen LogP contribution in [0.2, 0.25) is 0 Å². The van der Waals surface area contributed by atoms with Crippen molar-refractivity contribution in [2.75, 3.05) is 0 Å². The van der Waals surface area contributed by atoms with E-state index in [2.05, 4.69) is 84.9 Å². The molecule has 5 nitrogen and oxygen atoms in total. The molecule has 0 atom stereocenters. The van der Waals surface area contributed by atoms with Crippen LogP contribution in [-0.2, 0) is 0 Å². The maximum atomic E-state index is 8.92. The molecule has 2 heterocycles. The van der Waals surface area contributed by atoms with E-state index in [4.69, 9.17) is 25.8 Å². The molecule has 6 aromatic carbocycles. The SMILES string of the molecule is N=C1C=Cc2c(-c3ccccc3)nc3cc(-c4cc(-c5cccc(-c6ccccc6)c5)nc(-c5cccc(-c6ccccc6)c5)n4)ccc3c2C1=N. The van der Waals surface area contributed by atoms with Crippen molar-refractivity contribution < 1.29 is 0 Å². The van der Waals surface area contributed by atoms with Crippen molar-refractivity contribution in [3.05, 3.63) is 181 Å². The minimum Gasteiger partial charge on any atom is -0.299 e. The van der Waals surface area contributed by atoms with Crippen molar-refractivity contribution in [1.82, 2.24) is 15.0 Å². The van der Waals surface area contributed by atoms with E-state index in [1.807, 2.05) is 84.9 Å². The van der Waals surface area contributed by atoms with E-state index in [9.17, 15) is 0 Å². The van der Waals surface area contributed by atoms with Crippen LogP contribution in [-0.4, -0.2) is 26.4 Å². The molecule has 0 spiro atoms. The maximum Gasteiger partial charge on any atom is 0.160 e. The fourth-order valence-electron chi connectivity index (χ4n) is 6.90. The summed E-state index contributed by atoms with van der Waals surface area (Å²) in [6.45, 7) is 0. The van der Waals surface area contributed by atoms with Gasteiger partial charge in [-0.15, -0.1) is 0 Å². The highest BCUT2D eigenvalue weighted by Gasteiger charge is 2.23. The molecule has 1 aliphatic carbocycles. The summed E-state index contributed by atoms with van der Waals surface area (Å²) in [5.74, 6) is 0.624. The second-order valence-corrected chi connectivity index (χ2v) is 12.8. The first-order valence-corrected chi connectivity index (χ1v) is 17.2. The summed E-state index contributed by atoms with van der Waals surface area (Å²) in [5, 5.41) is 18.2. The average Bonchev–Trinajstić information content (AvgIpc) is 3.22. The van der Waals surface area contributed by atoms with Gasteiger partial charge < -0.3 is 0 Å². The fourth-order valence-corrected chi connectivity index (χ4v) is 6.90. The Balaban J connectivity index is 1.24. The Morgan fingerprint density at radius 2 is 0.904 bits per heavy atom. The number of benzene rings is 6. The summed E-state index contributed by atoms with van der Waals surface area (Å²) in [6.07, 6.45) is 3.59. The predicted octanol–water partition coefficient (Wildman–Crippen LogP) is 11.4. The first-order chi connectivity index (χ1) is 25.6. The normalized spacial score (nSPS) is 12.2. The Bertz CT molecular complexity index is 2600. The molecule has 0 saturated carbocycles. The third-order valence-corrected chi connectivity index (χ3v) is 9.52. The number of fused-ring (bicyclic) bond motifs is 3. The number of hydrogen-bond acceptors (Lipinski definition) is 5. The summed E-state index contributed by atoms with van der Waals surface area (Å²) in [7, 11) is 0. The molecule has 2 aromatic heterocycles. The van der Waals surface area contributed by atoms with Crippen molar-refractivity contribution in [3.63, 3.8) is 0 Å². The van der Waals surface area contributed by atoms with Crippen molar-refractivity contribution in [2.24, 2.45) is 0 Å². The Kier molecular flexibility index (Phi) is 7.71. The van der Waals surface area contributed by atoms with Crippen LogP contribution in [0.5, 0.6) is 0 Å². The van der Waals surface area contributed by atoms with E-state index in [-0.39, 0.29) is 11.4 Å². The molecule has 0 aliphatic heterocycles. The molecule has 0 saturated heterocycles. The molecule has 0 unspecified atom stereocenters. The van der Waals surface area contributed by atoms with E-state index in [1.165, 1.54) is 0 Å². The van der Waals surface area contributed by atoms with Gasteiger partial charge in [0.2, 0.25) is 0 Å². The van der Waals surface area contributed by atoms with E-state index < -0.39 is 0 Å². The van der Waals surface area contributed by atoms with Gasteiger partial charge in [-0.2, -0.15) is 0 Å². The molecule has 2 N–H and O–H groups in total. The van der Waals surface area contributed by atoms with Crippen LogP contribution < -0.4 is 0 Å². The first kappa shape index (κ1) is 30.9. The van der Waals surface area contributed by atoms with Crippen LogP contribution in [0.3, 0.4) is 0 Å². The Morgan fingerprint density at radius 1 is 0.385 bits per heavy atom. The molecule has 0 bridgehead atoms. The molecule has 0 radical (unpaired) electrons. The van der Waals surface area contributed by atoms with Crippen LogP contribution in [0.15, 0.2) is 170 Å². The fraction of sp³-hybridized carbons (Fsp3) is 0. The minimum atomic E-state index is 0.184. The molecule has 52 heavy (non-hydrogen) atoms. The average molecular weight is 666 g/mol. The number of nitrogens with zero attached hydrogens (tertiary/aromatic N) is 3. The molecule has 5 heteroatoms. The van der Waals surface area contributed by atoms with Crippen molar-refractivity contribution in [1.29, 1.82) is 10.8 Å². The third kappa shape index (κ3) is 5.70. The lowest BCUT2D eigenvalue weighted by Crippen LogP contribution is -2.17. The van der Waals surface area contributed by atoms with Gasteiger partial charge in [0.25, 0.3) is 0 Å². The summed E-state index contributed by atoms with van der Waals surface area (Å²) in [5.41, 5.74) is 13.3. The number of aromatic nitrogens is 3. The molecule has 0 fully saturated rings. The summed E-state index contributed by atoms with van der Waals surface area (Å²) in [6, 6.07) is 55.7. The van der Waals surface area contributed by atoms with Gasteiger partial charge in [-0.25, -0.2) is 15.0 Å². The largest absolute Gasteiger partial charge is 0.299 e. The lowest BCUT2D eigenvalue weighted by atomic mass is 9.87. The molecular formula is C47H31N5. The number of nitrogens with one attached hydrogen (secondary N) is 2. The van der Waals surface area contributed by atoms with Gasteiger partial charge in [-0.3, -0.25) is 10.8 Å². The van der Waals surface area contributed by atoms with Gasteiger partial charge in [0.15, 0.2) is 5.82 Å². The van der Waals surface area contributed by atoms with E-state index in [0.717, 1.165) is 83.6 Å². The van der Waals surface area contributed by atoms with Crippen molar-refractivity contribution in [3.8, 4) is 67.4 Å². The molecule has 1 aliphatic rings.